The molecule has 0 aliphatic carbocycles. The number of aromatic nitrogens is 1. The minimum atomic E-state index is -2.88. The first-order chi connectivity index (χ1) is 8.46. The summed E-state index contributed by atoms with van der Waals surface area (Å²) in [5.74, 6) is -0.267. The van der Waals surface area contributed by atoms with Crippen molar-refractivity contribution in [3.63, 3.8) is 0 Å². The molecule has 1 aliphatic rings. The molecule has 7 heteroatoms. The SMILES string of the molecule is O=C(O)c1cccc(NC2CCS(=O)(=O)CC2)n1. The van der Waals surface area contributed by atoms with Crippen LogP contribution in [0.15, 0.2) is 18.2 Å². The number of carboxylic acids is 1. The lowest BCUT2D eigenvalue weighted by Crippen LogP contribution is -2.32. The molecule has 1 aromatic heterocycles. The van der Waals surface area contributed by atoms with Crippen molar-refractivity contribution in [3.05, 3.63) is 23.9 Å². The van der Waals surface area contributed by atoms with Crippen molar-refractivity contribution in [3.8, 4) is 0 Å². The van der Waals surface area contributed by atoms with Crippen molar-refractivity contribution in [2.24, 2.45) is 0 Å². The van der Waals surface area contributed by atoms with Gasteiger partial charge in [0.2, 0.25) is 0 Å². The second kappa shape index (κ2) is 4.93. The van der Waals surface area contributed by atoms with Crippen LogP contribution in [0.25, 0.3) is 0 Å². The Morgan fingerprint density at radius 2 is 2.00 bits per heavy atom. The molecule has 0 bridgehead atoms. The van der Waals surface area contributed by atoms with Gasteiger partial charge in [-0.1, -0.05) is 6.07 Å². The van der Waals surface area contributed by atoms with Crippen molar-refractivity contribution in [2.75, 3.05) is 16.8 Å². The van der Waals surface area contributed by atoms with E-state index in [2.05, 4.69) is 10.3 Å². The molecule has 1 saturated heterocycles. The number of aromatic carboxylic acids is 1. The summed E-state index contributed by atoms with van der Waals surface area (Å²) in [6.07, 6.45) is 1.06. The third-order valence-corrected chi connectivity index (χ3v) is 4.59. The summed E-state index contributed by atoms with van der Waals surface area (Å²) >= 11 is 0. The van der Waals surface area contributed by atoms with Crippen molar-refractivity contribution in [2.45, 2.75) is 18.9 Å². The van der Waals surface area contributed by atoms with Crippen LogP contribution in [-0.2, 0) is 9.84 Å². The van der Waals surface area contributed by atoms with Gasteiger partial charge in [-0.25, -0.2) is 18.2 Å². The number of pyridine rings is 1. The van der Waals surface area contributed by atoms with Crippen molar-refractivity contribution in [1.29, 1.82) is 0 Å². The molecular formula is C11H14N2O4S. The molecule has 2 heterocycles. The largest absolute Gasteiger partial charge is 0.477 e. The van der Waals surface area contributed by atoms with Gasteiger partial charge in [-0.3, -0.25) is 0 Å². The Morgan fingerprint density at radius 3 is 2.61 bits per heavy atom. The molecule has 18 heavy (non-hydrogen) atoms. The Balaban J connectivity index is 2.02. The number of carboxylic acid groups (broad SMARTS) is 1. The fourth-order valence-electron chi connectivity index (χ4n) is 1.88. The summed E-state index contributed by atoms with van der Waals surface area (Å²) < 4.78 is 22.5. The summed E-state index contributed by atoms with van der Waals surface area (Å²) in [7, 11) is -2.88. The highest BCUT2D eigenvalue weighted by Crippen LogP contribution is 2.16. The molecule has 98 valence electrons. The van der Waals surface area contributed by atoms with Crippen LogP contribution in [0.2, 0.25) is 0 Å². The molecular weight excluding hydrogens is 256 g/mol. The van der Waals surface area contributed by atoms with Crippen LogP contribution in [0.5, 0.6) is 0 Å². The highest BCUT2D eigenvalue weighted by Gasteiger charge is 2.23. The summed E-state index contributed by atoms with van der Waals surface area (Å²) in [4.78, 5) is 14.7. The summed E-state index contributed by atoms with van der Waals surface area (Å²) in [6.45, 7) is 0. The average Bonchev–Trinajstić information content (AvgIpc) is 2.32. The summed E-state index contributed by atoms with van der Waals surface area (Å²) in [6, 6.07) is 4.73. The normalized spacial score (nSPS) is 19.3. The molecule has 6 nitrogen and oxygen atoms in total. The smallest absolute Gasteiger partial charge is 0.354 e. The minimum Gasteiger partial charge on any atom is -0.477 e. The molecule has 1 fully saturated rings. The lowest BCUT2D eigenvalue weighted by molar-refractivity contribution is 0.0690. The third kappa shape index (κ3) is 3.19. The first kappa shape index (κ1) is 12.8. The van der Waals surface area contributed by atoms with Crippen LogP contribution >= 0.6 is 0 Å². The Hall–Kier alpha value is -1.63. The molecule has 2 N–H and O–H groups in total. The van der Waals surface area contributed by atoms with Crippen LogP contribution in [0, 0.1) is 0 Å². The lowest BCUT2D eigenvalue weighted by Gasteiger charge is -2.23. The monoisotopic (exact) mass is 270 g/mol. The van der Waals surface area contributed by atoms with E-state index in [4.69, 9.17) is 5.11 Å². The third-order valence-electron chi connectivity index (χ3n) is 2.87. The van der Waals surface area contributed by atoms with Gasteiger partial charge >= 0.3 is 5.97 Å². The maximum atomic E-state index is 11.3. The van der Waals surface area contributed by atoms with Gasteiger partial charge in [0.25, 0.3) is 0 Å². The van der Waals surface area contributed by atoms with Gasteiger partial charge in [0.05, 0.1) is 11.5 Å². The number of anilines is 1. The standard InChI is InChI=1S/C11H14N2O4S/c14-11(15)9-2-1-3-10(13-9)12-8-4-6-18(16,17)7-5-8/h1-3,8H,4-7H2,(H,12,13)(H,14,15). The highest BCUT2D eigenvalue weighted by atomic mass is 32.2. The number of hydrogen-bond donors (Lipinski definition) is 2. The zero-order valence-electron chi connectivity index (χ0n) is 9.67. The summed E-state index contributed by atoms with van der Waals surface area (Å²) in [5, 5.41) is 11.9. The van der Waals surface area contributed by atoms with Gasteiger partial charge < -0.3 is 10.4 Å². The molecule has 0 atom stereocenters. The van der Waals surface area contributed by atoms with Crippen molar-refractivity contribution < 1.29 is 18.3 Å². The number of hydrogen-bond acceptors (Lipinski definition) is 5. The molecule has 0 amide bonds. The number of rotatable bonds is 3. The van der Waals surface area contributed by atoms with E-state index in [1.807, 2.05) is 0 Å². The van der Waals surface area contributed by atoms with E-state index >= 15 is 0 Å². The van der Waals surface area contributed by atoms with E-state index in [0.717, 1.165) is 0 Å². The molecule has 0 spiro atoms. The maximum Gasteiger partial charge on any atom is 0.354 e. The molecule has 2 rings (SSSR count). The van der Waals surface area contributed by atoms with E-state index < -0.39 is 15.8 Å². The number of carbonyl (C=O) groups is 1. The van der Waals surface area contributed by atoms with E-state index in [-0.39, 0.29) is 23.2 Å². The van der Waals surface area contributed by atoms with Crippen molar-refractivity contribution >= 4 is 21.6 Å². The number of nitrogens with zero attached hydrogens (tertiary/aromatic N) is 1. The van der Waals surface area contributed by atoms with E-state index in [9.17, 15) is 13.2 Å². The van der Waals surface area contributed by atoms with Gasteiger partial charge in [0, 0.05) is 6.04 Å². The first-order valence-corrected chi connectivity index (χ1v) is 7.46. The predicted octanol–water partition coefficient (Wildman–Crippen LogP) is 0.769. The molecule has 0 saturated carbocycles. The van der Waals surface area contributed by atoms with Crippen LogP contribution < -0.4 is 5.32 Å². The van der Waals surface area contributed by atoms with Crippen molar-refractivity contribution in [1.82, 2.24) is 4.98 Å². The first-order valence-electron chi connectivity index (χ1n) is 5.63. The number of sulfone groups is 1. The van der Waals surface area contributed by atoms with Gasteiger partial charge in [-0.05, 0) is 25.0 Å². The molecule has 0 radical (unpaired) electrons. The van der Waals surface area contributed by atoms with Gasteiger partial charge in [0.1, 0.15) is 15.7 Å². The molecule has 1 aromatic rings. The Kier molecular flexibility index (Phi) is 3.51. The van der Waals surface area contributed by atoms with Crippen LogP contribution in [0.1, 0.15) is 23.3 Å². The zero-order chi connectivity index (χ0) is 13.2. The Bertz CT molecular complexity index is 542. The van der Waals surface area contributed by atoms with E-state index in [0.29, 0.717) is 18.7 Å². The number of nitrogens with one attached hydrogen (secondary N) is 1. The fourth-order valence-corrected chi connectivity index (χ4v) is 3.37. The molecule has 0 aromatic carbocycles. The van der Waals surface area contributed by atoms with Gasteiger partial charge in [-0.2, -0.15) is 0 Å². The molecule has 1 aliphatic heterocycles. The maximum absolute atomic E-state index is 11.3. The quantitative estimate of drug-likeness (QED) is 0.842. The van der Waals surface area contributed by atoms with Crippen LogP contribution in [0.4, 0.5) is 5.82 Å². The van der Waals surface area contributed by atoms with Crippen LogP contribution in [-0.4, -0.2) is 42.0 Å². The average molecular weight is 270 g/mol. The Morgan fingerprint density at radius 1 is 1.33 bits per heavy atom. The fraction of sp³-hybridized carbons (Fsp3) is 0.455. The zero-order valence-corrected chi connectivity index (χ0v) is 10.5. The predicted molar refractivity (Wildman–Crippen MR) is 66.5 cm³/mol. The highest BCUT2D eigenvalue weighted by molar-refractivity contribution is 7.91. The van der Waals surface area contributed by atoms with Crippen LogP contribution in [0.3, 0.4) is 0 Å². The lowest BCUT2D eigenvalue weighted by atomic mass is 10.1. The van der Waals surface area contributed by atoms with Gasteiger partial charge in [-0.15, -0.1) is 0 Å². The van der Waals surface area contributed by atoms with E-state index in [1.54, 1.807) is 12.1 Å². The van der Waals surface area contributed by atoms with Gasteiger partial charge in [0.15, 0.2) is 5.69 Å². The second-order valence-corrected chi connectivity index (χ2v) is 6.59. The minimum absolute atomic E-state index is 0.0246. The molecule has 0 unspecified atom stereocenters. The Labute approximate surface area is 105 Å². The summed E-state index contributed by atoms with van der Waals surface area (Å²) in [5.41, 5.74) is -0.0246. The second-order valence-electron chi connectivity index (χ2n) is 4.28. The van der Waals surface area contributed by atoms with E-state index in [1.165, 1.54) is 6.07 Å². The topological polar surface area (TPSA) is 96.4 Å².